The summed E-state index contributed by atoms with van der Waals surface area (Å²) in [7, 11) is 2.02. The van der Waals surface area contributed by atoms with Crippen LogP contribution in [0.25, 0.3) is 11.4 Å². The van der Waals surface area contributed by atoms with E-state index >= 15 is 0 Å². The summed E-state index contributed by atoms with van der Waals surface area (Å²) in [5.74, 6) is 2.74. The van der Waals surface area contributed by atoms with Crippen LogP contribution in [0.4, 0.5) is 0 Å². The molecule has 8 heteroatoms. The molecular formula is C20H28ClN5O2. The first-order valence-electron chi connectivity index (χ1n) is 9.81. The van der Waals surface area contributed by atoms with Crippen LogP contribution in [0.2, 0.25) is 5.02 Å². The number of aromatic nitrogens is 2. The topological polar surface area (TPSA) is 75.8 Å². The van der Waals surface area contributed by atoms with Crippen LogP contribution in [0.5, 0.6) is 0 Å². The highest BCUT2D eigenvalue weighted by Gasteiger charge is 2.21. The summed E-state index contributed by atoms with van der Waals surface area (Å²) in [6.45, 7) is 5.83. The monoisotopic (exact) mass is 405 g/mol. The Morgan fingerprint density at radius 1 is 1.43 bits per heavy atom. The van der Waals surface area contributed by atoms with Gasteiger partial charge in [-0.2, -0.15) is 4.98 Å². The van der Waals surface area contributed by atoms with E-state index in [9.17, 15) is 0 Å². The Morgan fingerprint density at radius 2 is 2.29 bits per heavy atom. The Bertz CT molecular complexity index is 775. The van der Waals surface area contributed by atoms with Gasteiger partial charge in [0, 0.05) is 43.8 Å². The molecule has 0 saturated heterocycles. The van der Waals surface area contributed by atoms with Gasteiger partial charge < -0.3 is 19.5 Å². The van der Waals surface area contributed by atoms with Crippen molar-refractivity contribution >= 4 is 17.6 Å². The van der Waals surface area contributed by atoms with Crippen LogP contribution in [0.15, 0.2) is 33.8 Å². The second kappa shape index (κ2) is 10.4. The average molecular weight is 406 g/mol. The molecule has 2 aromatic rings. The lowest BCUT2D eigenvalue weighted by molar-refractivity contribution is 0.115. The number of nitrogens with zero attached hydrogens (tertiary/aromatic N) is 4. The van der Waals surface area contributed by atoms with Gasteiger partial charge in [-0.1, -0.05) is 28.9 Å². The van der Waals surface area contributed by atoms with Crippen LogP contribution in [0, 0.1) is 5.92 Å². The Balaban J connectivity index is 1.48. The molecule has 1 N–H and O–H groups in total. The highest BCUT2D eigenvalue weighted by atomic mass is 35.5. The fourth-order valence-corrected chi connectivity index (χ4v) is 2.86. The molecule has 1 aromatic carbocycles. The molecule has 28 heavy (non-hydrogen) atoms. The third-order valence-electron chi connectivity index (χ3n) is 4.46. The standard InChI is InChI=1S/C20H28ClN5O2/c1-3-22-20(26(2)11-12-27-14-15-7-8-15)23-10-9-18-24-19(25-28-18)16-5-4-6-17(21)13-16/h4-6,13,15H,3,7-12,14H2,1-2H3,(H,22,23). The number of rotatable bonds is 10. The molecule has 0 radical (unpaired) electrons. The molecule has 1 aliphatic rings. The summed E-state index contributed by atoms with van der Waals surface area (Å²) in [4.78, 5) is 11.2. The highest BCUT2D eigenvalue weighted by molar-refractivity contribution is 6.30. The molecule has 1 fully saturated rings. The molecule has 7 nitrogen and oxygen atoms in total. The van der Waals surface area contributed by atoms with E-state index in [1.807, 2.05) is 31.3 Å². The number of hydrogen-bond donors (Lipinski definition) is 1. The molecule has 0 atom stereocenters. The van der Waals surface area contributed by atoms with Crippen LogP contribution in [-0.2, 0) is 11.2 Å². The van der Waals surface area contributed by atoms with Crippen LogP contribution in [-0.4, -0.2) is 60.9 Å². The predicted molar refractivity (Wildman–Crippen MR) is 111 cm³/mol. The molecule has 0 bridgehead atoms. The van der Waals surface area contributed by atoms with Gasteiger partial charge in [-0.15, -0.1) is 0 Å². The van der Waals surface area contributed by atoms with E-state index in [4.69, 9.17) is 20.9 Å². The number of benzene rings is 1. The van der Waals surface area contributed by atoms with Crippen molar-refractivity contribution in [2.75, 3.05) is 39.9 Å². The second-order valence-corrected chi connectivity index (χ2v) is 7.38. The molecule has 1 heterocycles. The maximum Gasteiger partial charge on any atom is 0.228 e. The molecular weight excluding hydrogens is 378 g/mol. The summed E-state index contributed by atoms with van der Waals surface area (Å²) >= 11 is 6.02. The van der Waals surface area contributed by atoms with Crippen LogP contribution < -0.4 is 5.32 Å². The van der Waals surface area contributed by atoms with Crippen LogP contribution >= 0.6 is 11.6 Å². The van der Waals surface area contributed by atoms with E-state index in [1.165, 1.54) is 12.8 Å². The Morgan fingerprint density at radius 3 is 3.04 bits per heavy atom. The van der Waals surface area contributed by atoms with Gasteiger partial charge in [0.25, 0.3) is 0 Å². The third-order valence-corrected chi connectivity index (χ3v) is 4.69. The zero-order chi connectivity index (χ0) is 19.8. The number of guanidine groups is 1. The largest absolute Gasteiger partial charge is 0.379 e. The molecule has 1 saturated carbocycles. The zero-order valence-electron chi connectivity index (χ0n) is 16.5. The van der Waals surface area contributed by atoms with Gasteiger partial charge >= 0.3 is 0 Å². The van der Waals surface area contributed by atoms with Crippen molar-refractivity contribution in [2.24, 2.45) is 10.9 Å². The van der Waals surface area contributed by atoms with Crippen molar-refractivity contribution < 1.29 is 9.26 Å². The van der Waals surface area contributed by atoms with Crippen molar-refractivity contribution in [3.05, 3.63) is 35.2 Å². The van der Waals surface area contributed by atoms with Crippen molar-refractivity contribution in [1.29, 1.82) is 0 Å². The highest BCUT2D eigenvalue weighted by Crippen LogP contribution is 2.28. The van der Waals surface area contributed by atoms with Gasteiger partial charge in [0.05, 0.1) is 13.2 Å². The van der Waals surface area contributed by atoms with Gasteiger partial charge in [-0.25, -0.2) is 0 Å². The lowest BCUT2D eigenvalue weighted by atomic mass is 10.2. The quantitative estimate of drug-likeness (QED) is 0.371. The molecule has 1 aromatic heterocycles. The fourth-order valence-electron chi connectivity index (χ4n) is 2.67. The van der Waals surface area contributed by atoms with E-state index in [0.717, 1.165) is 37.1 Å². The van der Waals surface area contributed by atoms with Gasteiger partial charge in [0.2, 0.25) is 11.7 Å². The number of hydrogen-bond acceptors (Lipinski definition) is 5. The van der Waals surface area contributed by atoms with Gasteiger partial charge in [-0.3, -0.25) is 4.99 Å². The number of ether oxygens (including phenoxy) is 1. The fraction of sp³-hybridized carbons (Fsp3) is 0.550. The summed E-state index contributed by atoms with van der Waals surface area (Å²) in [6, 6.07) is 7.40. The second-order valence-electron chi connectivity index (χ2n) is 6.95. The minimum Gasteiger partial charge on any atom is -0.379 e. The van der Waals surface area contributed by atoms with Gasteiger partial charge in [-0.05, 0) is 37.8 Å². The first kappa shape index (κ1) is 20.6. The van der Waals surface area contributed by atoms with E-state index in [1.54, 1.807) is 0 Å². The van der Waals surface area contributed by atoms with Crippen LogP contribution in [0.1, 0.15) is 25.7 Å². The molecule has 152 valence electrons. The molecule has 0 amide bonds. The summed E-state index contributed by atoms with van der Waals surface area (Å²) in [5, 5.41) is 7.98. The molecule has 0 aliphatic heterocycles. The number of halogens is 1. The maximum absolute atomic E-state index is 6.02. The lowest BCUT2D eigenvalue weighted by Crippen LogP contribution is -2.40. The van der Waals surface area contributed by atoms with E-state index in [-0.39, 0.29) is 0 Å². The Kier molecular flexibility index (Phi) is 7.68. The van der Waals surface area contributed by atoms with Crippen molar-refractivity contribution in [3.8, 4) is 11.4 Å². The minimum absolute atomic E-state index is 0.540. The summed E-state index contributed by atoms with van der Waals surface area (Å²) < 4.78 is 11.1. The molecule has 3 rings (SSSR count). The van der Waals surface area contributed by atoms with Crippen molar-refractivity contribution in [3.63, 3.8) is 0 Å². The lowest BCUT2D eigenvalue weighted by Gasteiger charge is -2.21. The Labute approximate surface area is 171 Å². The zero-order valence-corrected chi connectivity index (χ0v) is 17.3. The molecule has 0 spiro atoms. The smallest absolute Gasteiger partial charge is 0.228 e. The average Bonchev–Trinajstić information content (AvgIpc) is 3.40. The molecule has 1 aliphatic carbocycles. The van der Waals surface area contributed by atoms with Crippen molar-refractivity contribution in [2.45, 2.75) is 26.2 Å². The SMILES string of the molecule is CCNC(=NCCc1nc(-c2cccc(Cl)c2)no1)N(C)CCOCC1CC1. The van der Waals surface area contributed by atoms with Gasteiger partial charge in [0.1, 0.15) is 0 Å². The van der Waals surface area contributed by atoms with E-state index in [2.05, 4.69) is 32.3 Å². The number of nitrogens with one attached hydrogen (secondary N) is 1. The number of likely N-dealkylation sites (N-methyl/N-ethyl adjacent to an activating group) is 1. The summed E-state index contributed by atoms with van der Waals surface area (Å²) in [6.07, 6.45) is 3.21. The normalized spacial score (nSPS) is 14.3. The maximum atomic E-state index is 6.02. The molecule has 0 unspecified atom stereocenters. The Hall–Kier alpha value is -2.12. The first-order chi connectivity index (χ1) is 13.7. The van der Waals surface area contributed by atoms with Crippen molar-refractivity contribution in [1.82, 2.24) is 20.4 Å². The van der Waals surface area contributed by atoms with E-state index in [0.29, 0.717) is 36.3 Å². The van der Waals surface area contributed by atoms with Gasteiger partial charge in [0.15, 0.2) is 5.96 Å². The summed E-state index contributed by atoms with van der Waals surface area (Å²) in [5.41, 5.74) is 0.838. The van der Waals surface area contributed by atoms with Crippen LogP contribution in [0.3, 0.4) is 0 Å². The predicted octanol–water partition coefficient (Wildman–Crippen LogP) is 3.26. The van der Waals surface area contributed by atoms with E-state index < -0.39 is 0 Å². The first-order valence-corrected chi connectivity index (χ1v) is 10.2. The number of aliphatic imine (C=N–C) groups is 1. The minimum atomic E-state index is 0.540. The third kappa shape index (κ3) is 6.49.